The zero-order valence-corrected chi connectivity index (χ0v) is 4.29. The molecule has 2 heterocycles. The van der Waals surface area contributed by atoms with E-state index in [-0.39, 0.29) is 18.0 Å². The van der Waals surface area contributed by atoms with Gasteiger partial charge in [-0.3, -0.25) is 0 Å². The third-order valence-electron chi connectivity index (χ3n) is 0.972. The van der Waals surface area contributed by atoms with E-state index in [1.165, 1.54) is 0 Å². The van der Waals surface area contributed by atoms with Crippen LogP contribution in [0.15, 0.2) is 15.0 Å². The van der Waals surface area contributed by atoms with Crippen LogP contribution >= 0.6 is 0 Å². The smallest absolute Gasteiger partial charge is 0.226 e. The molecular weight excluding hydrogens is 120 g/mol. The maximum atomic E-state index is 8.94. The second kappa shape index (κ2) is 1.38. The van der Waals surface area contributed by atoms with Crippen LogP contribution in [0.3, 0.4) is 0 Å². The van der Waals surface area contributed by atoms with Gasteiger partial charge in [0, 0.05) is 0 Å². The first kappa shape index (κ1) is 3.07. The first-order chi connectivity index (χ1) is 5.07. The average molecular weight is 126 g/mol. The van der Waals surface area contributed by atoms with Crippen LogP contribution in [0.1, 0.15) is 2.74 Å². The van der Waals surface area contributed by atoms with Crippen LogP contribution in [0.25, 0.3) is 0 Å². The largest absolute Gasteiger partial charge is 0.355 e. The number of rotatable bonds is 0. The van der Waals surface area contributed by atoms with Crippen molar-refractivity contribution in [2.75, 3.05) is 0 Å². The number of hydrogen-bond acceptors (Lipinski definition) is 5. The van der Waals surface area contributed by atoms with Crippen molar-refractivity contribution in [3.05, 3.63) is 0 Å². The molecule has 0 saturated carbocycles. The predicted molar refractivity (Wildman–Crippen MR) is 32.5 cm³/mol. The minimum atomic E-state index is -2.06. The molecule has 1 atom stereocenters. The summed E-state index contributed by atoms with van der Waals surface area (Å²) < 4.78 is 14.0. The van der Waals surface area contributed by atoms with Gasteiger partial charge >= 0.3 is 0 Å². The lowest BCUT2D eigenvalue weighted by atomic mass is 10.6. The van der Waals surface area contributed by atoms with Crippen molar-refractivity contribution in [2.24, 2.45) is 15.0 Å². The van der Waals surface area contributed by atoms with Gasteiger partial charge in [0.25, 0.3) is 0 Å². The lowest BCUT2D eigenvalue weighted by Gasteiger charge is -1.95. The topological polar surface area (TPSA) is 69.3 Å². The molecule has 2 rings (SSSR count). The van der Waals surface area contributed by atoms with Crippen molar-refractivity contribution in [3.63, 3.8) is 0 Å². The van der Waals surface area contributed by atoms with Gasteiger partial charge in [0.1, 0.15) is 9.06 Å². The van der Waals surface area contributed by atoms with E-state index in [0.717, 1.165) is 0 Å². The summed E-state index contributed by atoms with van der Waals surface area (Å²) in [6.45, 7) is 0. The van der Waals surface area contributed by atoms with E-state index in [1.807, 2.05) is 0 Å². The SMILES string of the molecule is [2H]C1=NC2=NC([2H])(O)NC2=N1. The van der Waals surface area contributed by atoms with E-state index in [9.17, 15) is 0 Å². The summed E-state index contributed by atoms with van der Waals surface area (Å²) in [5.41, 5.74) is 0. The Hall–Kier alpha value is -1.23. The van der Waals surface area contributed by atoms with E-state index in [2.05, 4.69) is 20.3 Å². The number of aliphatic hydroxyl groups is 1. The number of aliphatic imine (C=N–C) groups is 3. The third kappa shape index (κ3) is 0.548. The van der Waals surface area contributed by atoms with Gasteiger partial charge in [0.05, 0.1) is 0 Å². The highest BCUT2D eigenvalue weighted by Crippen LogP contribution is 2.01. The second-order valence-electron chi connectivity index (χ2n) is 1.56. The normalized spacial score (nSPS) is 41.7. The van der Waals surface area contributed by atoms with E-state index in [0.29, 0.717) is 0 Å². The van der Waals surface area contributed by atoms with Gasteiger partial charge in [-0.15, -0.1) is 0 Å². The second-order valence-corrected chi connectivity index (χ2v) is 1.56. The predicted octanol–water partition coefficient (Wildman–Crippen LogP) is -1.30. The molecule has 0 aromatic carbocycles. The van der Waals surface area contributed by atoms with Crippen LogP contribution < -0.4 is 5.32 Å². The summed E-state index contributed by atoms with van der Waals surface area (Å²) in [7, 11) is 0. The van der Waals surface area contributed by atoms with Crippen LogP contribution in [-0.2, 0) is 0 Å². The van der Waals surface area contributed by atoms with Gasteiger partial charge in [-0.2, -0.15) is 0 Å². The Morgan fingerprint density at radius 3 is 3.67 bits per heavy atom. The molecule has 46 valence electrons. The molecule has 9 heavy (non-hydrogen) atoms. The molecule has 0 aliphatic carbocycles. The Morgan fingerprint density at radius 2 is 2.89 bits per heavy atom. The van der Waals surface area contributed by atoms with Gasteiger partial charge in [-0.05, 0) is 0 Å². The van der Waals surface area contributed by atoms with Crippen molar-refractivity contribution in [3.8, 4) is 0 Å². The maximum absolute atomic E-state index is 8.94. The fraction of sp³-hybridized carbons (Fsp3) is 0.250. The summed E-state index contributed by atoms with van der Waals surface area (Å²) in [4.78, 5) is 10.5. The molecule has 0 amide bonds. The standard InChI is InChI=1S/C4H4N4O/c9-4-7-2-3(8-4)6-1-5-2/h1,4,9H,(H,5,6,7,8)/i1D,4D. The Labute approximate surface area is 53.7 Å². The van der Waals surface area contributed by atoms with Crippen molar-refractivity contribution < 1.29 is 7.85 Å². The van der Waals surface area contributed by atoms with Crippen molar-refractivity contribution >= 4 is 18.0 Å². The Balaban J connectivity index is 2.41. The molecule has 0 radical (unpaired) electrons. The zero-order valence-electron chi connectivity index (χ0n) is 6.29. The number of fused-ring (bicyclic) bond motifs is 1. The molecule has 0 aromatic rings. The first-order valence-corrected chi connectivity index (χ1v) is 2.32. The van der Waals surface area contributed by atoms with Crippen molar-refractivity contribution in [1.29, 1.82) is 0 Å². The van der Waals surface area contributed by atoms with E-state index >= 15 is 0 Å². The molecule has 0 bridgehead atoms. The summed E-state index contributed by atoms with van der Waals surface area (Å²) in [6, 6.07) is 0. The van der Waals surface area contributed by atoms with Crippen LogP contribution in [0.5, 0.6) is 0 Å². The molecule has 0 fully saturated rings. The minimum absolute atomic E-state index is 0.118. The van der Waals surface area contributed by atoms with E-state index in [1.54, 1.807) is 0 Å². The highest BCUT2D eigenvalue weighted by Gasteiger charge is 2.22. The summed E-state index contributed by atoms with van der Waals surface area (Å²) in [6.07, 6.45) is -2.22. The molecule has 2 aliphatic rings. The van der Waals surface area contributed by atoms with Crippen LogP contribution in [0.4, 0.5) is 0 Å². The van der Waals surface area contributed by atoms with Crippen molar-refractivity contribution in [2.45, 2.75) is 6.33 Å². The lowest BCUT2D eigenvalue weighted by molar-refractivity contribution is 0.176. The van der Waals surface area contributed by atoms with Crippen LogP contribution in [0, 0.1) is 0 Å². The maximum Gasteiger partial charge on any atom is 0.226 e. The third-order valence-corrected chi connectivity index (χ3v) is 0.972. The Bertz CT molecular complexity index is 305. The molecule has 1 unspecified atom stereocenters. The number of nitrogens with one attached hydrogen (secondary N) is 1. The molecule has 2 N–H and O–H groups in total. The van der Waals surface area contributed by atoms with Gasteiger partial charge in [-0.1, -0.05) is 0 Å². The quantitative estimate of drug-likeness (QED) is 0.423. The average Bonchev–Trinajstić information content (AvgIpc) is 2.17. The van der Waals surface area contributed by atoms with Gasteiger partial charge < -0.3 is 10.4 Å². The van der Waals surface area contributed by atoms with E-state index < -0.39 is 6.33 Å². The van der Waals surface area contributed by atoms with Crippen LogP contribution in [0.2, 0.25) is 0 Å². The van der Waals surface area contributed by atoms with Gasteiger partial charge in [0.15, 0.2) is 11.7 Å². The first-order valence-electron chi connectivity index (χ1n) is 3.32. The summed E-state index contributed by atoms with van der Waals surface area (Å²) in [5, 5.41) is 11.2. The Morgan fingerprint density at radius 1 is 2.00 bits per heavy atom. The van der Waals surface area contributed by atoms with Crippen LogP contribution in [-0.4, -0.2) is 29.4 Å². The molecule has 2 aliphatic heterocycles. The lowest BCUT2D eigenvalue weighted by Crippen LogP contribution is -2.27. The molecule has 0 spiro atoms. The fourth-order valence-electron chi connectivity index (χ4n) is 0.621. The zero-order chi connectivity index (χ0) is 8.06. The molecular formula is C4H4N4O. The highest BCUT2D eigenvalue weighted by atomic mass is 16.3. The summed E-state index contributed by atoms with van der Waals surface area (Å²) >= 11 is 0. The summed E-state index contributed by atoms with van der Waals surface area (Å²) in [5.74, 6) is 0.306. The Kier molecular flexibility index (Phi) is 0.472. The van der Waals surface area contributed by atoms with Gasteiger partial charge in [0.2, 0.25) is 6.33 Å². The van der Waals surface area contributed by atoms with Crippen molar-refractivity contribution in [1.82, 2.24) is 5.32 Å². The molecule has 0 saturated heterocycles. The van der Waals surface area contributed by atoms with E-state index in [4.69, 9.17) is 7.85 Å². The molecule has 5 heteroatoms. The minimum Gasteiger partial charge on any atom is -0.355 e. The fourth-order valence-corrected chi connectivity index (χ4v) is 0.621. The molecule has 5 nitrogen and oxygen atoms in total. The van der Waals surface area contributed by atoms with Gasteiger partial charge in [-0.25, -0.2) is 15.0 Å². The number of amidine groups is 3. The highest BCUT2D eigenvalue weighted by molar-refractivity contribution is 6.46. The number of hydrogen-bond donors (Lipinski definition) is 2. The monoisotopic (exact) mass is 126 g/mol. The number of nitrogens with zero attached hydrogens (tertiary/aromatic N) is 3. The molecule has 0 aromatic heterocycles.